The zero-order valence-electron chi connectivity index (χ0n) is 13.3. The molecule has 2 aliphatic heterocycles. The van der Waals surface area contributed by atoms with Crippen LogP contribution in [0.4, 0.5) is 5.69 Å². The number of anilines is 1. The van der Waals surface area contributed by atoms with Crippen LogP contribution >= 0.6 is 0 Å². The molecule has 0 unspecified atom stereocenters. The molecule has 1 saturated heterocycles. The van der Waals surface area contributed by atoms with Crippen LogP contribution in [0, 0.1) is 0 Å². The molecule has 0 bridgehead atoms. The lowest BCUT2D eigenvalue weighted by atomic mass is 10.00. The van der Waals surface area contributed by atoms with Crippen molar-refractivity contribution in [1.82, 2.24) is 9.80 Å². The molecular weight excluding hydrogens is 294 g/mol. The third kappa shape index (κ3) is 3.36. The van der Waals surface area contributed by atoms with Crippen molar-refractivity contribution in [2.45, 2.75) is 26.2 Å². The molecule has 1 fully saturated rings. The van der Waals surface area contributed by atoms with Crippen LogP contribution in [0.15, 0.2) is 18.2 Å². The fraction of sp³-hybridized carbons (Fsp3) is 0.471. The lowest BCUT2D eigenvalue weighted by Crippen LogP contribution is -2.36. The van der Waals surface area contributed by atoms with Gasteiger partial charge in [0.2, 0.25) is 11.8 Å². The standard InChI is InChI=1S/C17H21N3O3/c1-12(21)19-7-2-8-20(10-9-19)17(23)14-3-5-15-13(11-14)4-6-16(22)18-15/h3,5,11H,2,4,6-10H2,1H3,(H,18,22). The van der Waals surface area contributed by atoms with E-state index >= 15 is 0 Å². The van der Waals surface area contributed by atoms with Gasteiger partial charge in [-0.3, -0.25) is 14.4 Å². The molecule has 0 spiro atoms. The molecule has 6 nitrogen and oxygen atoms in total. The SMILES string of the molecule is CC(=O)N1CCCN(C(=O)c2ccc3c(c2)CCC(=O)N3)CC1. The van der Waals surface area contributed by atoms with Gasteiger partial charge in [-0.2, -0.15) is 0 Å². The number of benzene rings is 1. The van der Waals surface area contributed by atoms with E-state index in [0.717, 1.165) is 17.7 Å². The number of carbonyl (C=O) groups is 3. The van der Waals surface area contributed by atoms with Crippen LogP contribution in [0.1, 0.15) is 35.7 Å². The van der Waals surface area contributed by atoms with Gasteiger partial charge >= 0.3 is 0 Å². The Morgan fingerprint density at radius 3 is 2.57 bits per heavy atom. The Kier molecular flexibility index (Phi) is 4.32. The highest BCUT2D eigenvalue weighted by molar-refractivity contribution is 5.98. The summed E-state index contributed by atoms with van der Waals surface area (Å²) in [5, 5.41) is 2.83. The van der Waals surface area contributed by atoms with Gasteiger partial charge in [-0.25, -0.2) is 0 Å². The van der Waals surface area contributed by atoms with Crippen molar-refractivity contribution in [3.8, 4) is 0 Å². The molecule has 1 aromatic rings. The van der Waals surface area contributed by atoms with E-state index in [1.807, 2.05) is 11.0 Å². The Hall–Kier alpha value is -2.37. The lowest BCUT2D eigenvalue weighted by molar-refractivity contribution is -0.128. The summed E-state index contributed by atoms with van der Waals surface area (Å²) in [5.74, 6) is 0.0762. The monoisotopic (exact) mass is 315 g/mol. The van der Waals surface area contributed by atoms with E-state index in [0.29, 0.717) is 44.6 Å². The first-order valence-electron chi connectivity index (χ1n) is 8.02. The summed E-state index contributed by atoms with van der Waals surface area (Å²) in [5.41, 5.74) is 2.46. The zero-order chi connectivity index (χ0) is 16.4. The number of amides is 3. The maximum Gasteiger partial charge on any atom is 0.253 e. The second-order valence-electron chi connectivity index (χ2n) is 6.07. The maximum atomic E-state index is 12.7. The number of fused-ring (bicyclic) bond motifs is 1. The molecule has 23 heavy (non-hydrogen) atoms. The second kappa shape index (κ2) is 6.40. The van der Waals surface area contributed by atoms with Crippen molar-refractivity contribution in [2.24, 2.45) is 0 Å². The summed E-state index contributed by atoms with van der Waals surface area (Å²) in [6.45, 7) is 4.08. The predicted octanol–water partition coefficient (Wildman–Crippen LogP) is 1.27. The molecule has 6 heteroatoms. The summed E-state index contributed by atoms with van der Waals surface area (Å²) in [7, 11) is 0. The normalized spacial score (nSPS) is 18.0. The molecule has 0 radical (unpaired) electrons. The highest BCUT2D eigenvalue weighted by Gasteiger charge is 2.23. The van der Waals surface area contributed by atoms with Crippen molar-refractivity contribution in [3.63, 3.8) is 0 Å². The number of hydrogen-bond donors (Lipinski definition) is 1. The number of rotatable bonds is 1. The van der Waals surface area contributed by atoms with Gasteiger partial charge in [0.05, 0.1) is 0 Å². The molecule has 3 rings (SSSR count). The Labute approximate surface area is 135 Å². The Morgan fingerprint density at radius 1 is 1.04 bits per heavy atom. The van der Waals surface area contributed by atoms with Gasteiger partial charge in [0, 0.05) is 50.8 Å². The molecule has 2 heterocycles. The fourth-order valence-electron chi connectivity index (χ4n) is 3.13. The van der Waals surface area contributed by atoms with Crippen LogP contribution in [0.25, 0.3) is 0 Å². The second-order valence-corrected chi connectivity index (χ2v) is 6.07. The molecule has 1 N–H and O–H groups in total. The molecule has 2 aliphatic rings. The Balaban J connectivity index is 1.73. The van der Waals surface area contributed by atoms with Crippen LogP contribution in [-0.2, 0) is 16.0 Å². The van der Waals surface area contributed by atoms with E-state index in [9.17, 15) is 14.4 Å². The quantitative estimate of drug-likeness (QED) is 0.848. The van der Waals surface area contributed by atoms with E-state index < -0.39 is 0 Å². The first kappa shape index (κ1) is 15.5. The van der Waals surface area contributed by atoms with Crippen molar-refractivity contribution < 1.29 is 14.4 Å². The minimum Gasteiger partial charge on any atom is -0.341 e. The average Bonchev–Trinajstić information content (AvgIpc) is 2.80. The number of carbonyl (C=O) groups excluding carboxylic acids is 3. The van der Waals surface area contributed by atoms with E-state index in [1.165, 1.54) is 0 Å². The van der Waals surface area contributed by atoms with E-state index in [1.54, 1.807) is 24.0 Å². The third-order valence-corrected chi connectivity index (χ3v) is 4.48. The summed E-state index contributed by atoms with van der Waals surface area (Å²) >= 11 is 0. The molecule has 122 valence electrons. The Morgan fingerprint density at radius 2 is 1.78 bits per heavy atom. The number of nitrogens with zero attached hydrogens (tertiary/aromatic N) is 2. The van der Waals surface area contributed by atoms with Gasteiger partial charge in [-0.05, 0) is 36.6 Å². The largest absolute Gasteiger partial charge is 0.341 e. The summed E-state index contributed by atoms with van der Waals surface area (Å²) in [6.07, 6.45) is 1.93. The van der Waals surface area contributed by atoms with Crippen molar-refractivity contribution >= 4 is 23.4 Å². The number of aryl methyl sites for hydroxylation is 1. The van der Waals surface area contributed by atoms with Crippen molar-refractivity contribution in [3.05, 3.63) is 29.3 Å². The van der Waals surface area contributed by atoms with Gasteiger partial charge in [0.1, 0.15) is 0 Å². The van der Waals surface area contributed by atoms with E-state index in [4.69, 9.17) is 0 Å². The van der Waals surface area contributed by atoms with E-state index in [2.05, 4.69) is 5.32 Å². The summed E-state index contributed by atoms with van der Waals surface area (Å²) in [4.78, 5) is 39.2. The lowest BCUT2D eigenvalue weighted by Gasteiger charge is -2.23. The van der Waals surface area contributed by atoms with Crippen LogP contribution in [0.3, 0.4) is 0 Å². The zero-order valence-corrected chi connectivity index (χ0v) is 13.3. The first-order chi connectivity index (χ1) is 11.0. The van der Waals surface area contributed by atoms with Crippen LogP contribution in [0.5, 0.6) is 0 Å². The summed E-state index contributed by atoms with van der Waals surface area (Å²) < 4.78 is 0. The highest BCUT2D eigenvalue weighted by atomic mass is 16.2. The van der Waals surface area contributed by atoms with Gasteiger partial charge in [0.25, 0.3) is 5.91 Å². The number of hydrogen-bond acceptors (Lipinski definition) is 3. The van der Waals surface area contributed by atoms with Gasteiger partial charge < -0.3 is 15.1 Å². The molecule has 3 amide bonds. The summed E-state index contributed by atoms with van der Waals surface area (Å²) in [6, 6.07) is 5.45. The highest BCUT2D eigenvalue weighted by Crippen LogP contribution is 2.24. The van der Waals surface area contributed by atoms with Crippen molar-refractivity contribution in [2.75, 3.05) is 31.5 Å². The fourth-order valence-corrected chi connectivity index (χ4v) is 3.13. The maximum absolute atomic E-state index is 12.7. The molecule has 1 aromatic carbocycles. The molecular formula is C17H21N3O3. The number of nitrogens with one attached hydrogen (secondary N) is 1. The van der Waals surface area contributed by atoms with Crippen LogP contribution in [-0.4, -0.2) is 53.7 Å². The van der Waals surface area contributed by atoms with Gasteiger partial charge in [-0.15, -0.1) is 0 Å². The van der Waals surface area contributed by atoms with Crippen LogP contribution in [0.2, 0.25) is 0 Å². The van der Waals surface area contributed by atoms with Crippen molar-refractivity contribution in [1.29, 1.82) is 0 Å². The third-order valence-electron chi connectivity index (χ3n) is 4.48. The van der Waals surface area contributed by atoms with Gasteiger partial charge in [0.15, 0.2) is 0 Å². The Bertz CT molecular complexity index is 656. The molecule has 0 atom stereocenters. The smallest absolute Gasteiger partial charge is 0.253 e. The van der Waals surface area contributed by atoms with Gasteiger partial charge in [-0.1, -0.05) is 0 Å². The minimum absolute atomic E-state index is 0.00454. The molecule has 0 aliphatic carbocycles. The molecule has 0 saturated carbocycles. The first-order valence-corrected chi connectivity index (χ1v) is 8.02. The average molecular weight is 315 g/mol. The van der Waals surface area contributed by atoms with Crippen LogP contribution < -0.4 is 5.32 Å². The topological polar surface area (TPSA) is 69.7 Å². The predicted molar refractivity (Wildman–Crippen MR) is 86.2 cm³/mol. The minimum atomic E-state index is -0.00454. The van der Waals surface area contributed by atoms with E-state index in [-0.39, 0.29) is 17.7 Å². The molecule has 0 aromatic heterocycles.